The summed E-state index contributed by atoms with van der Waals surface area (Å²) in [6.07, 6.45) is -4.87. The second-order valence-electron chi connectivity index (χ2n) is 7.20. The van der Waals surface area contributed by atoms with Gasteiger partial charge in [0.15, 0.2) is 11.6 Å². The summed E-state index contributed by atoms with van der Waals surface area (Å²) in [7, 11) is 2.55. The highest BCUT2D eigenvalue weighted by molar-refractivity contribution is 6.34. The smallest absolute Gasteiger partial charge is 0.385 e. The number of hydrogen-bond acceptors (Lipinski definition) is 4. The summed E-state index contributed by atoms with van der Waals surface area (Å²) in [6, 6.07) is 0.963. The molecule has 2 amide bonds. The highest BCUT2D eigenvalue weighted by Gasteiger charge is 2.42. The number of alkyl halides is 3. The van der Waals surface area contributed by atoms with Crippen LogP contribution in [0.3, 0.4) is 0 Å². The summed E-state index contributed by atoms with van der Waals surface area (Å²) in [4.78, 5) is 31.3. The van der Waals surface area contributed by atoms with Gasteiger partial charge in [-0.25, -0.2) is 13.8 Å². The number of nitrogens with one attached hydrogen (secondary N) is 1. The Morgan fingerprint density at radius 3 is 2.53 bits per heavy atom. The van der Waals surface area contributed by atoms with Crippen LogP contribution in [-0.4, -0.2) is 36.9 Å². The van der Waals surface area contributed by atoms with Crippen LogP contribution in [0.15, 0.2) is 18.2 Å². The summed E-state index contributed by atoms with van der Waals surface area (Å²) in [6.45, 7) is 1.32. The second kappa shape index (κ2) is 8.53. The van der Waals surface area contributed by atoms with Gasteiger partial charge in [0.1, 0.15) is 17.5 Å². The fraction of sp³-hybridized carbons (Fsp3) is 0.350. The Balaban J connectivity index is 2.05. The van der Waals surface area contributed by atoms with E-state index < -0.39 is 46.9 Å². The molecule has 1 atom stereocenters. The van der Waals surface area contributed by atoms with E-state index in [0.29, 0.717) is 6.07 Å². The molecule has 172 valence electrons. The van der Waals surface area contributed by atoms with Gasteiger partial charge in [-0.3, -0.25) is 14.5 Å². The van der Waals surface area contributed by atoms with Crippen molar-refractivity contribution in [1.29, 1.82) is 0 Å². The van der Waals surface area contributed by atoms with Gasteiger partial charge in [0.05, 0.1) is 16.3 Å². The van der Waals surface area contributed by atoms with Crippen LogP contribution in [0.25, 0.3) is 0 Å². The quantitative estimate of drug-likeness (QED) is 0.520. The van der Waals surface area contributed by atoms with E-state index in [4.69, 9.17) is 11.6 Å². The number of carbonyl (C=O) groups excluding carboxylic acids is 2. The molecule has 1 aliphatic heterocycles. The van der Waals surface area contributed by atoms with Gasteiger partial charge in [0.2, 0.25) is 11.8 Å². The fourth-order valence-corrected chi connectivity index (χ4v) is 3.89. The van der Waals surface area contributed by atoms with Gasteiger partial charge in [-0.05, 0) is 31.5 Å². The lowest BCUT2D eigenvalue weighted by atomic mass is 10.1. The van der Waals surface area contributed by atoms with Crippen LogP contribution >= 0.6 is 11.6 Å². The van der Waals surface area contributed by atoms with Crippen molar-refractivity contribution in [2.75, 3.05) is 29.2 Å². The standard InChI is InChI=1S/C20H18ClF5N4O2/c1-9-6-10(20(24,25)26)7-14(28-9)30-13(4-5-15(30)31)19(32)29(3)18-16(23)12(22)8-11(21)17(18)27-2/h6-8,13,27H,4-5H2,1-3H3/t13-/m0/s1. The largest absolute Gasteiger partial charge is 0.416 e. The molecule has 2 aromatic rings. The average Bonchev–Trinajstić information content (AvgIpc) is 3.09. The molecular formula is C20H18ClF5N4O2. The SMILES string of the molecule is CNc1c(Cl)cc(F)c(F)c1N(C)C(=O)[C@@H]1CCC(=O)N1c1cc(C(F)(F)F)cc(C)n1. The maximum atomic E-state index is 14.6. The van der Waals surface area contributed by atoms with Gasteiger partial charge in [-0.2, -0.15) is 13.2 Å². The van der Waals surface area contributed by atoms with E-state index in [9.17, 15) is 31.5 Å². The summed E-state index contributed by atoms with van der Waals surface area (Å²) in [5.74, 6) is -4.45. The Labute approximate surface area is 185 Å². The van der Waals surface area contributed by atoms with E-state index >= 15 is 0 Å². The first kappa shape index (κ1) is 23.7. The first-order valence-corrected chi connectivity index (χ1v) is 9.75. The molecule has 1 aliphatic rings. The van der Waals surface area contributed by atoms with Crippen molar-refractivity contribution in [2.24, 2.45) is 0 Å². The number of anilines is 3. The average molecular weight is 477 g/mol. The Kier molecular flexibility index (Phi) is 6.32. The highest BCUT2D eigenvalue weighted by Crippen LogP contribution is 2.39. The van der Waals surface area contributed by atoms with Crippen molar-refractivity contribution in [3.63, 3.8) is 0 Å². The minimum Gasteiger partial charge on any atom is -0.385 e. The third kappa shape index (κ3) is 4.21. The number of pyridine rings is 1. The van der Waals surface area contributed by atoms with Crippen LogP contribution in [0.2, 0.25) is 5.02 Å². The fourth-order valence-electron chi connectivity index (χ4n) is 3.61. The van der Waals surface area contributed by atoms with Crippen LogP contribution in [0, 0.1) is 18.6 Å². The molecule has 6 nitrogen and oxygen atoms in total. The molecule has 2 heterocycles. The molecule has 3 rings (SSSR count). The molecule has 0 aliphatic carbocycles. The first-order chi connectivity index (χ1) is 14.9. The van der Waals surface area contributed by atoms with Crippen molar-refractivity contribution in [3.8, 4) is 0 Å². The number of likely N-dealkylation sites (N-methyl/N-ethyl adjacent to an activating group) is 1. The van der Waals surface area contributed by atoms with Gasteiger partial charge in [0, 0.05) is 26.2 Å². The lowest BCUT2D eigenvalue weighted by molar-refractivity contribution is -0.137. The monoisotopic (exact) mass is 476 g/mol. The summed E-state index contributed by atoms with van der Waals surface area (Å²) in [5, 5.41) is 2.41. The molecular weight excluding hydrogens is 459 g/mol. The Morgan fingerprint density at radius 1 is 1.28 bits per heavy atom. The minimum atomic E-state index is -4.69. The first-order valence-electron chi connectivity index (χ1n) is 9.37. The van der Waals surface area contributed by atoms with Crippen LogP contribution in [0.5, 0.6) is 0 Å². The molecule has 1 aromatic carbocycles. The lowest BCUT2D eigenvalue weighted by Gasteiger charge is -2.29. The van der Waals surface area contributed by atoms with Gasteiger partial charge in [0.25, 0.3) is 0 Å². The molecule has 0 radical (unpaired) electrons. The molecule has 0 spiro atoms. The molecule has 0 saturated carbocycles. The van der Waals surface area contributed by atoms with E-state index in [-0.39, 0.29) is 35.1 Å². The van der Waals surface area contributed by atoms with Crippen LogP contribution < -0.4 is 15.1 Å². The number of halogens is 6. The molecule has 1 saturated heterocycles. The Hall–Kier alpha value is -2.95. The van der Waals surface area contributed by atoms with E-state index in [1.54, 1.807) is 0 Å². The predicted molar refractivity (Wildman–Crippen MR) is 109 cm³/mol. The molecule has 32 heavy (non-hydrogen) atoms. The van der Waals surface area contributed by atoms with Gasteiger partial charge < -0.3 is 10.2 Å². The zero-order chi connectivity index (χ0) is 24.0. The maximum Gasteiger partial charge on any atom is 0.416 e. The van der Waals surface area contributed by atoms with Crippen LogP contribution in [-0.2, 0) is 15.8 Å². The molecule has 1 N–H and O–H groups in total. The zero-order valence-electron chi connectivity index (χ0n) is 17.1. The second-order valence-corrected chi connectivity index (χ2v) is 7.60. The van der Waals surface area contributed by atoms with E-state index in [2.05, 4.69) is 10.3 Å². The summed E-state index contributed by atoms with van der Waals surface area (Å²) in [5.41, 5.74) is -1.59. The molecule has 0 bridgehead atoms. The van der Waals surface area contributed by atoms with Crippen molar-refractivity contribution < 1.29 is 31.5 Å². The minimum absolute atomic E-state index is 0.00509. The summed E-state index contributed by atoms with van der Waals surface area (Å²) >= 11 is 5.95. The molecule has 0 unspecified atom stereocenters. The normalized spacial score (nSPS) is 16.5. The lowest BCUT2D eigenvalue weighted by Crippen LogP contribution is -2.46. The van der Waals surface area contributed by atoms with Gasteiger partial charge in [-0.1, -0.05) is 11.6 Å². The highest BCUT2D eigenvalue weighted by atomic mass is 35.5. The van der Waals surface area contributed by atoms with Gasteiger partial charge in [-0.15, -0.1) is 0 Å². The number of aryl methyl sites for hydroxylation is 1. The Morgan fingerprint density at radius 2 is 1.94 bits per heavy atom. The zero-order valence-corrected chi connectivity index (χ0v) is 17.9. The number of nitrogens with zero attached hydrogens (tertiary/aromatic N) is 3. The number of amides is 2. The van der Waals surface area contributed by atoms with Crippen molar-refractivity contribution in [2.45, 2.75) is 32.0 Å². The molecule has 12 heteroatoms. The number of aromatic nitrogens is 1. The van der Waals surface area contributed by atoms with Crippen molar-refractivity contribution >= 4 is 40.6 Å². The predicted octanol–water partition coefficient (Wildman–Crippen LogP) is 4.54. The number of benzene rings is 1. The Bertz CT molecular complexity index is 1090. The third-order valence-electron chi connectivity index (χ3n) is 5.07. The van der Waals surface area contributed by atoms with Crippen molar-refractivity contribution in [3.05, 3.63) is 46.1 Å². The third-order valence-corrected chi connectivity index (χ3v) is 5.37. The van der Waals surface area contributed by atoms with Crippen LogP contribution in [0.4, 0.5) is 39.1 Å². The van der Waals surface area contributed by atoms with E-state index in [1.165, 1.54) is 14.0 Å². The summed E-state index contributed by atoms with van der Waals surface area (Å²) < 4.78 is 68.2. The maximum absolute atomic E-state index is 14.6. The van der Waals surface area contributed by atoms with Gasteiger partial charge >= 0.3 is 6.18 Å². The van der Waals surface area contributed by atoms with E-state index in [1.807, 2.05) is 0 Å². The topological polar surface area (TPSA) is 65.5 Å². The number of hydrogen-bond donors (Lipinski definition) is 1. The van der Waals surface area contributed by atoms with E-state index in [0.717, 1.165) is 29.0 Å². The molecule has 1 fully saturated rings. The molecule has 1 aromatic heterocycles. The van der Waals surface area contributed by atoms with Crippen molar-refractivity contribution in [1.82, 2.24) is 4.98 Å². The number of carbonyl (C=O) groups is 2. The van der Waals surface area contributed by atoms with Crippen LogP contribution in [0.1, 0.15) is 24.1 Å². The number of rotatable bonds is 4.